The van der Waals surface area contributed by atoms with Crippen LogP contribution in [0.1, 0.15) is 0 Å². The third-order valence-electron chi connectivity index (χ3n) is 9.83. The molecule has 0 fully saturated rings. The van der Waals surface area contributed by atoms with Gasteiger partial charge in [0.05, 0.1) is 15.7 Å². The van der Waals surface area contributed by atoms with E-state index in [2.05, 4.69) is 156 Å². The summed E-state index contributed by atoms with van der Waals surface area (Å²) in [5.41, 5.74) is 9.01. The number of aromatic nitrogens is 1. The zero-order valence-electron chi connectivity index (χ0n) is 25.6. The Balaban J connectivity index is 1.18. The number of benzene rings is 7. The molecule has 4 aromatic heterocycles. The van der Waals surface area contributed by atoms with Crippen molar-refractivity contribution in [1.82, 2.24) is 4.57 Å². The van der Waals surface area contributed by atoms with E-state index in [0.29, 0.717) is 0 Å². The number of rotatable bonds is 3. The molecule has 0 atom stereocenters. The summed E-state index contributed by atoms with van der Waals surface area (Å²) in [6.07, 6.45) is 0. The minimum Gasteiger partial charge on any atom is -0.308 e. The van der Waals surface area contributed by atoms with Gasteiger partial charge in [-0.2, -0.15) is 0 Å². The minimum absolute atomic E-state index is 1.20. The molecule has 0 aliphatic heterocycles. The standard InChI is InChI=1S/C44H25NS3/c1-2-12-26(13-3-1)45-37-24-6-4-15-35(37)44-39(45)36-23-11-22-34(43(36)48-44)33-21-10-20-32-31-19-9-18-30(41(31)47-42(32)33)29-17-8-16-28-27-14-5-7-25-38(27)46-40(28)29/h1-25H. The highest BCUT2D eigenvalue weighted by Crippen LogP contribution is 2.50. The van der Waals surface area contributed by atoms with Crippen molar-refractivity contribution in [2.24, 2.45) is 0 Å². The average Bonchev–Trinajstić information content (AvgIpc) is 3.90. The van der Waals surface area contributed by atoms with Gasteiger partial charge in [0.25, 0.3) is 0 Å². The lowest BCUT2D eigenvalue weighted by molar-refractivity contribution is 1.19. The fourth-order valence-corrected chi connectivity index (χ4v) is 11.7. The van der Waals surface area contributed by atoms with Crippen molar-refractivity contribution in [1.29, 1.82) is 0 Å². The molecule has 11 rings (SSSR count). The molecule has 48 heavy (non-hydrogen) atoms. The largest absolute Gasteiger partial charge is 0.308 e. The van der Waals surface area contributed by atoms with Crippen molar-refractivity contribution >= 4 is 106 Å². The quantitative estimate of drug-likeness (QED) is 0.177. The van der Waals surface area contributed by atoms with E-state index in [1.54, 1.807) is 0 Å². The SMILES string of the molecule is c1ccc(-n2c3ccccc3c3sc4c(-c5cccc6c5sc5c(-c7cccc8c7sc7ccccc78)cccc56)cccc4c32)cc1. The fourth-order valence-electron chi connectivity index (χ4n) is 7.75. The maximum absolute atomic E-state index is 2.45. The van der Waals surface area contributed by atoms with Gasteiger partial charge in [-0.25, -0.2) is 0 Å². The minimum atomic E-state index is 1.20. The first-order valence-electron chi connectivity index (χ1n) is 16.2. The Morgan fingerprint density at radius 3 is 1.44 bits per heavy atom. The third kappa shape index (κ3) is 3.65. The van der Waals surface area contributed by atoms with Crippen LogP contribution in [0.5, 0.6) is 0 Å². The van der Waals surface area contributed by atoms with Crippen LogP contribution in [0, 0.1) is 0 Å². The number of fused-ring (bicyclic) bond motifs is 11. The number of thiophene rings is 3. The van der Waals surface area contributed by atoms with E-state index in [0.717, 1.165) is 0 Å². The molecule has 0 N–H and O–H groups in total. The second-order valence-electron chi connectivity index (χ2n) is 12.4. The summed E-state index contributed by atoms with van der Waals surface area (Å²) in [6.45, 7) is 0. The first-order chi connectivity index (χ1) is 23.8. The van der Waals surface area contributed by atoms with Crippen LogP contribution in [0.3, 0.4) is 0 Å². The van der Waals surface area contributed by atoms with Crippen LogP contribution in [0.2, 0.25) is 0 Å². The van der Waals surface area contributed by atoms with Crippen LogP contribution in [0.4, 0.5) is 0 Å². The van der Waals surface area contributed by atoms with Crippen molar-refractivity contribution in [2.75, 3.05) is 0 Å². The highest BCUT2D eigenvalue weighted by atomic mass is 32.1. The Kier molecular flexibility index (Phi) is 5.64. The Hall–Kier alpha value is -5.26. The Morgan fingerprint density at radius 1 is 0.312 bits per heavy atom. The summed E-state index contributed by atoms with van der Waals surface area (Å²) in [5, 5.41) is 7.96. The molecule has 0 spiro atoms. The van der Waals surface area contributed by atoms with Crippen molar-refractivity contribution in [3.63, 3.8) is 0 Å². The fraction of sp³-hybridized carbons (Fsp3) is 0. The molecule has 0 aliphatic rings. The van der Waals surface area contributed by atoms with Crippen LogP contribution in [-0.2, 0) is 0 Å². The molecule has 0 unspecified atom stereocenters. The Bertz CT molecular complexity index is 3060. The van der Waals surface area contributed by atoms with Crippen molar-refractivity contribution in [3.8, 4) is 27.9 Å². The summed E-state index contributed by atoms with van der Waals surface area (Å²) >= 11 is 5.78. The molecule has 224 valence electrons. The molecule has 4 heteroatoms. The van der Waals surface area contributed by atoms with Gasteiger partial charge in [0.1, 0.15) is 0 Å². The van der Waals surface area contributed by atoms with Crippen molar-refractivity contribution in [3.05, 3.63) is 152 Å². The van der Waals surface area contributed by atoms with Crippen LogP contribution >= 0.6 is 34.0 Å². The second-order valence-corrected chi connectivity index (χ2v) is 15.5. The monoisotopic (exact) mass is 663 g/mol. The molecular formula is C44H25NS3. The molecule has 0 saturated heterocycles. The molecule has 1 nitrogen and oxygen atoms in total. The number of nitrogens with zero attached hydrogens (tertiary/aromatic N) is 1. The number of hydrogen-bond acceptors (Lipinski definition) is 3. The Morgan fingerprint density at radius 2 is 0.771 bits per heavy atom. The van der Waals surface area contributed by atoms with Gasteiger partial charge < -0.3 is 4.57 Å². The van der Waals surface area contributed by atoms with Crippen LogP contribution < -0.4 is 0 Å². The van der Waals surface area contributed by atoms with Gasteiger partial charge in [-0.15, -0.1) is 34.0 Å². The highest BCUT2D eigenvalue weighted by Gasteiger charge is 2.21. The summed E-state index contributed by atoms with van der Waals surface area (Å²) in [4.78, 5) is 0. The van der Waals surface area contributed by atoms with E-state index in [1.807, 2.05) is 34.0 Å². The zero-order valence-corrected chi connectivity index (χ0v) is 28.1. The maximum Gasteiger partial charge on any atom is 0.0727 e. The summed E-state index contributed by atoms with van der Waals surface area (Å²) in [7, 11) is 0. The smallest absolute Gasteiger partial charge is 0.0727 e. The van der Waals surface area contributed by atoms with Gasteiger partial charge in [-0.3, -0.25) is 0 Å². The highest BCUT2D eigenvalue weighted by molar-refractivity contribution is 7.28. The predicted octanol–water partition coefficient (Wildman–Crippen LogP) is 14.1. The summed E-state index contributed by atoms with van der Waals surface area (Å²) < 4.78 is 10.6. The van der Waals surface area contributed by atoms with Crippen LogP contribution in [0.25, 0.3) is 99.5 Å². The maximum atomic E-state index is 2.45. The summed E-state index contributed by atoms with van der Waals surface area (Å²) in [5.74, 6) is 0. The normalized spacial score (nSPS) is 12.2. The van der Waals surface area contributed by atoms with Crippen LogP contribution in [0.15, 0.2) is 152 Å². The van der Waals surface area contributed by atoms with E-state index in [9.17, 15) is 0 Å². The lowest BCUT2D eigenvalue weighted by Crippen LogP contribution is -1.92. The van der Waals surface area contributed by atoms with Gasteiger partial charge in [0.2, 0.25) is 0 Å². The molecule has 0 radical (unpaired) electrons. The molecule has 0 bridgehead atoms. The van der Waals surface area contributed by atoms with E-state index in [4.69, 9.17) is 0 Å². The Labute approximate surface area is 288 Å². The van der Waals surface area contributed by atoms with Gasteiger partial charge in [-0.1, -0.05) is 127 Å². The zero-order chi connectivity index (χ0) is 31.3. The average molecular weight is 664 g/mol. The van der Waals surface area contributed by atoms with Crippen LogP contribution in [-0.4, -0.2) is 4.57 Å². The predicted molar refractivity (Wildman–Crippen MR) is 213 cm³/mol. The van der Waals surface area contributed by atoms with Gasteiger partial charge >= 0.3 is 0 Å². The lowest BCUT2D eigenvalue weighted by Gasteiger charge is -2.09. The lowest BCUT2D eigenvalue weighted by atomic mass is 9.99. The molecule has 0 saturated carbocycles. The second kappa shape index (κ2) is 10.1. The summed E-state index contributed by atoms with van der Waals surface area (Å²) in [6, 6.07) is 55.9. The molecule has 7 aromatic carbocycles. The van der Waals surface area contributed by atoms with E-state index < -0.39 is 0 Å². The molecule has 0 aliphatic carbocycles. The first kappa shape index (κ1) is 26.8. The van der Waals surface area contributed by atoms with Gasteiger partial charge in [0, 0.05) is 83.8 Å². The third-order valence-corrected chi connectivity index (χ3v) is 13.6. The molecule has 4 heterocycles. The molecule has 0 amide bonds. The molecular weight excluding hydrogens is 639 g/mol. The number of para-hydroxylation sites is 2. The van der Waals surface area contributed by atoms with Gasteiger partial charge in [0.15, 0.2) is 0 Å². The van der Waals surface area contributed by atoms with Gasteiger partial charge in [-0.05, 0) is 24.3 Å². The van der Waals surface area contributed by atoms with Crippen molar-refractivity contribution in [2.45, 2.75) is 0 Å². The molecule has 11 aromatic rings. The van der Waals surface area contributed by atoms with E-state index in [-0.39, 0.29) is 0 Å². The van der Waals surface area contributed by atoms with E-state index in [1.165, 1.54) is 99.5 Å². The first-order valence-corrected chi connectivity index (χ1v) is 18.6. The topological polar surface area (TPSA) is 4.93 Å². The van der Waals surface area contributed by atoms with Crippen molar-refractivity contribution < 1.29 is 0 Å². The van der Waals surface area contributed by atoms with E-state index >= 15 is 0 Å². The number of hydrogen-bond donors (Lipinski definition) is 0.